The molecule has 2 fully saturated rings. The first kappa shape index (κ1) is 21.6. The summed E-state index contributed by atoms with van der Waals surface area (Å²) in [5, 5.41) is -0.0686. The number of aryl methyl sites for hydroxylation is 1. The smallest absolute Gasteiger partial charge is 0.353 e. The maximum Gasteiger partial charge on any atom is 0.417 e. The Kier molecular flexibility index (Phi) is 5.65. The normalized spacial score (nSPS) is 20.6. The molecule has 164 valence electrons. The summed E-state index contributed by atoms with van der Waals surface area (Å²) in [5.41, 5.74) is 0.694. The predicted molar refractivity (Wildman–Crippen MR) is 110 cm³/mol. The molecule has 31 heavy (non-hydrogen) atoms. The highest BCUT2D eigenvalue weighted by Crippen LogP contribution is 2.34. The van der Waals surface area contributed by atoms with E-state index in [9.17, 15) is 22.8 Å². The molecule has 10 heteroatoms. The monoisotopic (exact) mass is 452 g/mol. The molecule has 0 saturated carbocycles. The van der Waals surface area contributed by atoms with Gasteiger partial charge in [0.2, 0.25) is 5.91 Å². The molecule has 1 aromatic carbocycles. The predicted octanol–water partition coefficient (Wildman–Crippen LogP) is 3.52. The summed E-state index contributed by atoms with van der Waals surface area (Å²) in [7, 11) is 0. The van der Waals surface area contributed by atoms with Crippen molar-refractivity contribution in [1.29, 1.82) is 0 Å². The standard InChI is InChI=1S/C21H20ClF3N4O2/c1-13-2-4-15(5-3-13)29-18(30)11-17(20(29)31)27-6-8-28(9-7-27)19-16(22)10-14(12-26-19)21(23,24)25/h2-5,10,12,17H,6-9,11H2,1H3. The first-order chi connectivity index (χ1) is 14.6. The molecule has 2 amide bonds. The third-order valence-corrected chi connectivity index (χ3v) is 5.90. The fourth-order valence-electron chi connectivity index (χ4n) is 3.93. The summed E-state index contributed by atoms with van der Waals surface area (Å²) in [6, 6.07) is 7.53. The van der Waals surface area contributed by atoms with Gasteiger partial charge in [-0.25, -0.2) is 9.88 Å². The minimum Gasteiger partial charge on any atom is -0.353 e. The Morgan fingerprint density at radius 3 is 2.29 bits per heavy atom. The van der Waals surface area contributed by atoms with Crippen molar-refractivity contribution in [2.75, 3.05) is 36.0 Å². The zero-order valence-electron chi connectivity index (χ0n) is 16.7. The van der Waals surface area contributed by atoms with Gasteiger partial charge in [0.15, 0.2) is 0 Å². The third-order valence-electron chi connectivity index (χ3n) is 5.62. The number of halogens is 4. The number of aromatic nitrogens is 1. The van der Waals surface area contributed by atoms with Gasteiger partial charge in [0.05, 0.1) is 28.7 Å². The van der Waals surface area contributed by atoms with Crippen LogP contribution in [-0.4, -0.2) is 53.9 Å². The summed E-state index contributed by atoms with van der Waals surface area (Å²) in [6.45, 7) is 3.72. The summed E-state index contributed by atoms with van der Waals surface area (Å²) in [6.07, 6.45) is -3.63. The van der Waals surface area contributed by atoms with Gasteiger partial charge in [0, 0.05) is 32.4 Å². The van der Waals surface area contributed by atoms with Crippen molar-refractivity contribution in [3.63, 3.8) is 0 Å². The molecule has 2 aliphatic heterocycles. The van der Waals surface area contributed by atoms with Crippen LogP contribution in [0.15, 0.2) is 36.5 Å². The second-order valence-electron chi connectivity index (χ2n) is 7.67. The molecule has 1 aromatic heterocycles. The van der Waals surface area contributed by atoms with Crippen LogP contribution in [0.2, 0.25) is 5.02 Å². The largest absolute Gasteiger partial charge is 0.417 e. The summed E-state index contributed by atoms with van der Waals surface area (Å²) in [5.74, 6) is -0.217. The van der Waals surface area contributed by atoms with E-state index in [2.05, 4.69) is 4.98 Å². The highest BCUT2D eigenvalue weighted by molar-refractivity contribution is 6.33. The topological polar surface area (TPSA) is 56.8 Å². The van der Waals surface area contributed by atoms with E-state index in [1.54, 1.807) is 17.0 Å². The average Bonchev–Trinajstić information content (AvgIpc) is 3.02. The molecule has 1 atom stereocenters. The Balaban J connectivity index is 1.43. The van der Waals surface area contributed by atoms with E-state index in [4.69, 9.17) is 11.6 Å². The lowest BCUT2D eigenvalue weighted by Gasteiger charge is -2.37. The molecule has 0 N–H and O–H groups in total. The number of hydrogen-bond acceptors (Lipinski definition) is 5. The minimum absolute atomic E-state index is 0.0686. The zero-order valence-corrected chi connectivity index (χ0v) is 17.5. The first-order valence-electron chi connectivity index (χ1n) is 9.80. The van der Waals surface area contributed by atoms with Crippen LogP contribution in [0.3, 0.4) is 0 Å². The second kappa shape index (κ2) is 8.12. The first-order valence-corrected chi connectivity index (χ1v) is 10.2. The van der Waals surface area contributed by atoms with Crippen molar-refractivity contribution in [2.45, 2.75) is 25.6 Å². The Labute approximate surface area is 182 Å². The van der Waals surface area contributed by atoms with Crippen molar-refractivity contribution in [3.05, 3.63) is 52.7 Å². The maximum atomic E-state index is 12.9. The van der Waals surface area contributed by atoms with Crippen molar-refractivity contribution in [3.8, 4) is 0 Å². The van der Waals surface area contributed by atoms with Crippen LogP contribution < -0.4 is 9.80 Å². The van der Waals surface area contributed by atoms with Gasteiger partial charge in [0.1, 0.15) is 5.82 Å². The van der Waals surface area contributed by atoms with E-state index in [1.807, 2.05) is 24.0 Å². The molecule has 0 bridgehead atoms. The van der Waals surface area contributed by atoms with E-state index < -0.39 is 17.8 Å². The number of rotatable bonds is 3. The highest BCUT2D eigenvalue weighted by atomic mass is 35.5. The van der Waals surface area contributed by atoms with Crippen LogP contribution in [0.1, 0.15) is 17.5 Å². The molecule has 2 aliphatic rings. The van der Waals surface area contributed by atoms with Crippen molar-refractivity contribution in [1.82, 2.24) is 9.88 Å². The lowest BCUT2D eigenvalue weighted by atomic mass is 10.1. The van der Waals surface area contributed by atoms with Gasteiger partial charge in [-0.05, 0) is 25.1 Å². The molecular weight excluding hydrogens is 433 g/mol. The average molecular weight is 453 g/mol. The van der Waals surface area contributed by atoms with Crippen molar-refractivity contribution >= 4 is 34.9 Å². The number of carbonyl (C=O) groups excluding carboxylic acids is 2. The van der Waals surface area contributed by atoms with Crippen LogP contribution in [0.5, 0.6) is 0 Å². The summed E-state index contributed by atoms with van der Waals surface area (Å²) < 4.78 is 38.5. The van der Waals surface area contributed by atoms with Gasteiger partial charge < -0.3 is 4.90 Å². The number of hydrogen-bond donors (Lipinski definition) is 0. The summed E-state index contributed by atoms with van der Waals surface area (Å²) >= 11 is 6.05. The number of piperazine rings is 1. The lowest BCUT2D eigenvalue weighted by molar-refractivity contribution is -0.137. The SMILES string of the molecule is Cc1ccc(N2C(=O)CC(N3CCN(c4ncc(C(F)(F)F)cc4Cl)CC3)C2=O)cc1. The molecule has 6 nitrogen and oxygen atoms in total. The van der Waals surface area contributed by atoms with E-state index in [0.29, 0.717) is 31.9 Å². The van der Waals surface area contributed by atoms with E-state index in [1.165, 1.54) is 4.90 Å². The van der Waals surface area contributed by atoms with Crippen LogP contribution in [-0.2, 0) is 15.8 Å². The number of amides is 2. The fourth-order valence-corrected chi connectivity index (χ4v) is 4.22. The van der Waals surface area contributed by atoms with Gasteiger partial charge in [-0.2, -0.15) is 13.2 Å². The Morgan fingerprint density at radius 1 is 1.06 bits per heavy atom. The number of pyridine rings is 1. The fraction of sp³-hybridized carbons (Fsp3) is 0.381. The van der Waals surface area contributed by atoms with Crippen LogP contribution in [0, 0.1) is 6.92 Å². The molecular formula is C21H20ClF3N4O2. The van der Waals surface area contributed by atoms with E-state index >= 15 is 0 Å². The van der Waals surface area contributed by atoms with Gasteiger partial charge in [-0.15, -0.1) is 0 Å². The van der Waals surface area contributed by atoms with Crippen molar-refractivity contribution < 1.29 is 22.8 Å². The number of anilines is 2. The van der Waals surface area contributed by atoms with Crippen molar-refractivity contribution in [2.24, 2.45) is 0 Å². The minimum atomic E-state index is -4.51. The molecule has 0 spiro atoms. The highest BCUT2D eigenvalue weighted by Gasteiger charge is 2.43. The molecule has 0 aliphatic carbocycles. The molecule has 2 aromatic rings. The summed E-state index contributed by atoms with van der Waals surface area (Å²) in [4.78, 5) is 34.3. The Bertz CT molecular complexity index is 1000. The Hall–Kier alpha value is -2.65. The molecule has 2 saturated heterocycles. The molecule has 4 rings (SSSR count). The number of benzene rings is 1. The number of alkyl halides is 3. The number of nitrogens with zero attached hydrogens (tertiary/aromatic N) is 4. The molecule has 3 heterocycles. The van der Waals surface area contributed by atoms with Crippen LogP contribution in [0.25, 0.3) is 0 Å². The van der Waals surface area contributed by atoms with Gasteiger partial charge in [-0.3, -0.25) is 14.5 Å². The van der Waals surface area contributed by atoms with Crippen LogP contribution in [0.4, 0.5) is 24.7 Å². The quantitative estimate of drug-likeness (QED) is 0.667. The number of imide groups is 1. The third kappa shape index (κ3) is 4.24. The van der Waals surface area contributed by atoms with E-state index in [0.717, 1.165) is 17.8 Å². The van der Waals surface area contributed by atoms with Gasteiger partial charge >= 0.3 is 6.18 Å². The van der Waals surface area contributed by atoms with Gasteiger partial charge in [-0.1, -0.05) is 29.3 Å². The molecule has 0 radical (unpaired) electrons. The Morgan fingerprint density at radius 2 is 1.71 bits per heavy atom. The maximum absolute atomic E-state index is 12.9. The zero-order chi connectivity index (χ0) is 22.3. The lowest BCUT2D eigenvalue weighted by Crippen LogP contribution is -2.52. The number of carbonyl (C=O) groups is 2. The second-order valence-corrected chi connectivity index (χ2v) is 8.08. The molecule has 1 unspecified atom stereocenters. The van der Waals surface area contributed by atoms with E-state index in [-0.39, 0.29) is 29.1 Å². The van der Waals surface area contributed by atoms with Gasteiger partial charge in [0.25, 0.3) is 5.91 Å². The van der Waals surface area contributed by atoms with Crippen LogP contribution >= 0.6 is 11.6 Å².